The lowest BCUT2D eigenvalue weighted by atomic mass is 10.2. The number of rotatable bonds is 3. The monoisotopic (exact) mass is 358 g/mol. The summed E-state index contributed by atoms with van der Waals surface area (Å²) in [6.45, 7) is 1.33. The van der Waals surface area contributed by atoms with Crippen LogP contribution in [-0.2, 0) is 9.84 Å². The lowest BCUT2D eigenvalue weighted by Gasteiger charge is -2.22. The molecule has 1 aliphatic rings. The van der Waals surface area contributed by atoms with Gasteiger partial charge in [0.2, 0.25) is 0 Å². The van der Waals surface area contributed by atoms with E-state index >= 15 is 0 Å². The Labute approximate surface area is 138 Å². The van der Waals surface area contributed by atoms with Crippen LogP contribution in [-0.4, -0.2) is 41.6 Å². The first-order valence-corrected chi connectivity index (χ1v) is 8.39. The molecule has 2 aromatic rings. The molecule has 0 saturated carbocycles. The Morgan fingerprint density at radius 2 is 1.91 bits per heavy atom. The molecule has 124 valence electrons. The molecule has 1 saturated heterocycles. The molecule has 3 rings (SSSR count). The zero-order chi connectivity index (χ0) is 15.7. The minimum atomic E-state index is -3.53. The maximum Gasteiger partial charge on any atom is 0.271 e. The Morgan fingerprint density at radius 3 is 2.57 bits per heavy atom. The van der Waals surface area contributed by atoms with Crippen molar-refractivity contribution in [1.29, 1.82) is 0 Å². The van der Waals surface area contributed by atoms with Gasteiger partial charge in [-0.1, -0.05) is 0 Å². The zero-order valence-electron chi connectivity index (χ0n) is 12.0. The van der Waals surface area contributed by atoms with Gasteiger partial charge in [0.05, 0.1) is 27.4 Å². The van der Waals surface area contributed by atoms with Crippen LogP contribution in [0.4, 0.5) is 5.69 Å². The third-order valence-corrected chi connectivity index (χ3v) is 5.86. The molecule has 1 aliphatic heterocycles. The standard InChI is InChI=1S/C13H14N4O4S.ClH/c18-17(19)9-1-2-11-12(7-9)15-8-13(16-11)22(20,21)10-3-5-14-6-4-10;/h1-2,7-8,10,14H,3-6H2;1H. The van der Waals surface area contributed by atoms with Gasteiger partial charge >= 0.3 is 0 Å². The second kappa shape index (κ2) is 6.73. The largest absolute Gasteiger partial charge is 0.317 e. The highest BCUT2D eigenvalue weighted by Crippen LogP contribution is 2.23. The normalized spacial score (nSPS) is 16.0. The summed E-state index contributed by atoms with van der Waals surface area (Å²) in [4.78, 5) is 18.4. The van der Waals surface area contributed by atoms with Crippen LogP contribution >= 0.6 is 12.4 Å². The van der Waals surface area contributed by atoms with Gasteiger partial charge in [-0.15, -0.1) is 12.4 Å². The predicted molar refractivity (Wildman–Crippen MR) is 86.5 cm³/mol. The van der Waals surface area contributed by atoms with Crippen LogP contribution in [0.1, 0.15) is 12.8 Å². The quantitative estimate of drug-likeness (QED) is 0.652. The van der Waals surface area contributed by atoms with Crippen LogP contribution in [0.2, 0.25) is 0 Å². The molecular weight excluding hydrogens is 344 g/mol. The maximum atomic E-state index is 12.6. The Kier molecular flexibility index (Phi) is 5.12. The molecule has 0 amide bonds. The number of aromatic nitrogens is 2. The molecule has 0 spiro atoms. The Hall–Kier alpha value is -1.84. The van der Waals surface area contributed by atoms with Gasteiger partial charge in [-0.25, -0.2) is 13.4 Å². The molecule has 2 heterocycles. The summed E-state index contributed by atoms with van der Waals surface area (Å²) in [5.41, 5.74) is 0.537. The van der Waals surface area contributed by atoms with E-state index in [9.17, 15) is 18.5 Å². The molecule has 8 nitrogen and oxygen atoms in total. The summed E-state index contributed by atoms with van der Waals surface area (Å²) in [6.07, 6.45) is 2.27. The number of piperidine rings is 1. The molecule has 1 aromatic carbocycles. The van der Waals surface area contributed by atoms with Gasteiger partial charge in [0.15, 0.2) is 14.9 Å². The third kappa shape index (κ3) is 3.41. The number of nitrogens with one attached hydrogen (secondary N) is 1. The fraction of sp³-hybridized carbons (Fsp3) is 0.385. The molecule has 0 atom stereocenters. The van der Waals surface area contributed by atoms with E-state index in [0.29, 0.717) is 37.0 Å². The van der Waals surface area contributed by atoms with Gasteiger partial charge in [0.1, 0.15) is 0 Å². The van der Waals surface area contributed by atoms with E-state index < -0.39 is 20.0 Å². The van der Waals surface area contributed by atoms with Gasteiger partial charge in [-0.05, 0) is 32.0 Å². The lowest BCUT2D eigenvalue weighted by Crippen LogP contribution is -2.36. The fourth-order valence-corrected chi connectivity index (χ4v) is 4.13. The number of fused-ring (bicyclic) bond motifs is 1. The summed E-state index contributed by atoms with van der Waals surface area (Å²) < 4.78 is 25.1. The number of hydrogen-bond acceptors (Lipinski definition) is 7. The molecule has 0 radical (unpaired) electrons. The van der Waals surface area contributed by atoms with Crippen LogP contribution < -0.4 is 5.32 Å². The van der Waals surface area contributed by atoms with E-state index in [4.69, 9.17) is 0 Å². The summed E-state index contributed by atoms with van der Waals surface area (Å²) in [5.74, 6) is 0. The highest BCUT2D eigenvalue weighted by molar-refractivity contribution is 7.92. The highest BCUT2D eigenvalue weighted by Gasteiger charge is 2.30. The van der Waals surface area contributed by atoms with Gasteiger partial charge in [-0.3, -0.25) is 15.1 Å². The minimum absolute atomic E-state index is 0. The number of hydrogen-bond donors (Lipinski definition) is 1. The molecule has 0 bridgehead atoms. The molecule has 0 unspecified atom stereocenters. The van der Waals surface area contributed by atoms with Crippen molar-refractivity contribution in [3.8, 4) is 0 Å². The second-order valence-corrected chi connectivity index (χ2v) is 7.31. The van der Waals surface area contributed by atoms with Crippen molar-refractivity contribution in [1.82, 2.24) is 15.3 Å². The van der Waals surface area contributed by atoms with Crippen LogP contribution in [0.3, 0.4) is 0 Å². The van der Waals surface area contributed by atoms with E-state index in [2.05, 4.69) is 15.3 Å². The summed E-state index contributed by atoms with van der Waals surface area (Å²) >= 11 is 0. The third-order valence-electron chi connectivity index (χ3n) is 3.73. The average Bonchev–Trinajstić information content (AvgIpc) is 2.54. The highest BCUT2D eigenvalue weighted by atomic mass is 35.5. The van der Waals surface area contributed by atoms with E-state index in [1.54, 1.807) is 0 Å². The van der Waals surface area contributed by atoms with E-state index in [0.717, 1.165) is 0 Å². The number of nitro benzene ring substituents is 1. The van der Waals surface area contributed by atoms with E-state index in [1.165, 1.54) is 24.4 Å². The van der Waals surface area contributed by atoms with Crippen LogP contribution in [0, 0.1) is 10.1 Å². The lowest BCUT2D eigenvalue weighted by molar-refractivity contribution is -0.384. The van der Waals surface area contributed by atoms with Crippen molar-refractivity contribution < 1.29 is 13.3 Å². The van der Waals surface area contributed by atoms with Crippen molar-refractivity contribution in [2.75, 3.05) is 13.1 Å². The SMILES string of the molecule is Cl.O=[N+]([O-])c1ccc2nc(S(=O)(=O)C3CCNCC3)cnc2c1. The van der Waals surface area contributed by atoms with Gasteiger partial charge in [0, 0.05) is 12.1 Å². The van der Waals surface area contributed by atoms with Crippen molar-refractivity contribution in [2.24, 2.45) is 0 Å². The van der Waals surface area contributed by atoms with Gasteiger partial charge < -0.3 is 5.32 Å². The van der Waals surface area contributed by atoms with Crippen molar-refractivity contribution in [2.45, 2.75) is 23.1 Å². The second-order valence-electron chi connectivity index (χ2n) is 5.13. The molecule has 1 fully saturated rings. The number of nitrogens with zero attached hydrogens (tertiary/aromatic N) is 3. The van der Waals surface area contributed by atoms with Crippen molar-refractivity contribution in [3.05, 3.63) is 34.5 Å². The number of sulfone groups is 1. The molecule has 1 aromatic heterocycles. The molecule has 0 aliphatic carbocycles. The Bertz CT molecular complexity index is 837. The summed E-state index contributed by atoms with van der Waals surface area (Å²) in [5, 5.41) is 13.3. The number of halogens is 1. The first-order valence-electron chi connectivity index (χ1n) is 6.84. The summed E-state index contributed by atoms with van der Waals surface area (Å²) in [6, 6.07) is 3.99. The predicted octanol–water partition coefficient (Wildman–Crippen LogP) is 1.49. The minimum Gasteiger partial charge on any atom is -0.317 e. The van der Waals surface area contributed by atoms with Gasteiger partial charge in [-0.2, -0.15) is 0 Å². The van der Waals surface area contributed by atoms with Gasteiger partial charge in [0.25, 0.3) is 5.69 Å². The maximum absolute atomic E-state index is 12.6. The molecule has 1 N–H and O–H groups in total. The summed E-state index contributed by atoms with van der Waals surface area (Å²) in [7, 11) is -3.53. The Morgan fingerprint density at radius 1 is 1.22 bits per heavy atom. The van der Waals surface area contributed by atoms with E-state index in [-0.39, 0.29) is 23.1 Å². The van der Waals surface area contributed by atoms with E-state index in [1.807, 2.05) is 0 Å². The Balaban J connectivity index is 0.00000192. The topological polar surface area (TPSA) is 115 Å². The smallest absolute Gasteiger partial charge is 0.271 e. The average molecular weight is 359 g/mol. The first-order chi connectivity index (χ1) is 10.5. The number of benzene rings is 1. The van der Waals surface area contributed by atoms with Crippen molar-refractivity contribution in [3.63, 3.8) is 0 Å². The fourth-order valence-electron chi connectivity index (χ4n) is 2.51. The number of non-ortho nitro benzene ring substituents is 1. The van der Waals surface area contributed by atoms with Crippen molar-refractivity contribution >= 4 is 39.0 Å². The molecule has 23 heavy (non-hydrogen) atoms. The molecule has 10 heteroatoms. The first kappa shape index (κ1) is 17.5. The van der Waals surface area contributed by atoms with Crippen LogP contribution in [0.25, 0.3) is 11.0 Å². The van der Waals surface area contributed by atoms with Crippen LogP contribution in [0.5, 0.6) is 0 Å². The number of nitro groups is 1. The van der Waals surface area contributed by atoms with Crippen LogP contribution in [0.15, 0.2) is 29.4 Å². The zero-order valence-corrected chi connectivity index (χ0v) is 13.6. The molecular formula is C13H15ClN4O4S.